The Kier molecular flexibility index (Phi) is 10.4. The van der Waals surface area contributed by atoms with Crippen LogP contribution in [-0.4, -0.2) is 24.8 Å². The van der Waals surface area contributed by atoms with Crippen LogP contribution in [0.4, 0.5) is 0 Å². The summed E-state index contributed by atoms with van der Waals surface area (Å²) in [6.45, 7) is 5.22. The Labute approximate surface area is 166 Å². The number of hydrogen-bond acceptors (Lipinski definition) is 3. The maximum Gasteiger partial charge on any atom is 0.157 e. The van der Waals surface area contributed by atoms with Crippen LogP contribution in [0.1, 0.15) is 97.3 Å². The maximum atomic E-state index is 12.3. The molecule has 3 heteroatoms. The van der Waals surface area contributed by atoms with Gasteiger partial charge in [0, 0.05) is 18.4 Å². The fourth-order valence-corrected chi connectivity index (χ4v) is 4.16. The lowest BCUT2D eigenvalue weighted by Crippen LogP contribution is -2.38. The van der Waals surface area contributed by atoms with Crippen LogP contribution in [0.15, 0.2) is 24.3 Å². The fraction of sp³-hybridized carbons (Fsp3) is 0.792. The standard InChI is InChI=1S/C24H40O3/c1-3-5-7-13-21(25)16-19-24(17-10-11-18-24)22(14-8-6-4-2)27-23-15-9-12-20-26-23/h10-11,16,19,22-23H,3-9,12-15,17-18,20H2,1-2H3. The molecule has 0 amide bonds. The van der Waals surface area contributed by atoms with E-state index < -0.39 is 0 Å². The van der Waals surface area contributed by atoms with Gasteiger partial charge in [0.15, 0.2) is 12.1 Å². The fourth-order valence-electron chi connectivity index (χ4n) is 4.16. The molecule has 0 bridgehead atoms. The summed E-state index contributed by atoms with van der Waals surface area (Å²) in [5.41, 5.74) is -0.0744. The monoisotopic (exact) mass is 376 g/mol. The predicted octanol–water partition coefficient (Wildman–Crippen LogP) is 6.52. The Balaban J connectivity index is 2.04. The molecule has 0 N–H and O–H groups in total. The largest absolute Gasteiger partial charge is 0.353 e. The highest BCUT2D eigenvalue weighted by Gasteiger charge is 2.39. The summed E-state index contributed by atoms with van der Waals surface area (Å²) in [6.07, 6.45) is 22.5. The number of allylic oxidation sites excluding steroid dienone is 3. The summed E-state index contributed by atoms with van der Waals surface area (Å²) in [5, 5.41) is 0. The minimum atomic E-state index is -0.0744. The van der Waals surface area contributed by atoms with Crippen molar-refractivity contribution in [3.05, 3.63) is 24.3 Å². The molecule has 2 aliphatic rings. The molecule has 1 saturated heterocycles. The van der Waals surface area contributed by atoms with Crippen LogP contribution in [-0.2, 0) is 14.3 Å². The molecule has 0 aromatic carbocycles. The van der Waals surface area contributed by atoms with Crippen LogP contribution < -0.4 is 0 Å². The Morgan fingerprint density at radius 1 is 1.15 bits per heavy atom. The molecule has 1 fully saturated rings. The molecular weight excluding hydrogens is 336 g/mol. The van der Waals surface area contributed by atoms with Gasteiger partial charge >= 0.3 is 0 Å². The van der Waals surface area contributed by atoms with Crippen molar-refractivity contribution in [1.82, 2.24) is 0 Å². The summed E-state index contributed by atoms with van der Waals surface area (Å²) >= 11 is 0. The lowest BCUT2D eigenvalue weighted by Gasteiger charge is -2.38. The molecule has 0 aromatic heterocycles. The average Bonchev–Trinajstić information content (AvgIpc) is 3.17. The van der Waals surface area contributed by atoms with Crippen molar-refractivity contribution in [3.8, 4) is 0 Å². The minimum absolute atomic E-state index is 0.0727. The van der Waals surface area contributed by atoms with Gasteiger partial charge < -0.3 is 9.47 Å². The van der Waals surface area contributed by atoms with Crippen molar-refractivity contribution in [3.63, 3.8) is 0 Å². The van der Waals surface area contributed by atoms with Crippen LogP contribution in [0, 0.1) is 5.41 Å². The summed E-state index contributed by atoms with van der Waals surface area (Å²) in [5.74, 6) is 0.260. The smallest absolute Gasteiger partial charge is 0.157 e. The number of rotatable bonds is 13. The van der Waals surface area contributed by atoms with E-state index in [0.29, 0.717) is 6.42 Å². The number of carbonyl (C=O) groups excluding carboxylic acids is 1. The van der Waals surface area contributed by atoms with E-state index in [9.17, 15) is 4.79 Å². The van der Waals surface area contributed by atoms with Gasteiger partial charge in [-0.05, 0) is 51.0 Å². The molecule has 1 aliphatic heterocycles. The van der Waals surface area contributed by atoms with Crippen molar-refractivity contribution in [2.24, 2.45) is 5.41 Å². The molecule has 1 heterocycles. The Hall–Kier alpha value is -0.930. The van der Waals surface area contributed by atoms with Crippen LogP contribution in [0.5, 0.6) is 0 Å². The number of hydrogen-bond donors (Lipinski definition) is 0. The van der Waals surface area contributed by atoms with Gasteiger partial charge in [-0.15, -0.1) is 0 Å². The van der Waals surface area contributed by atoms with Gasteiger partial charge in [-0.3, -0.25) is 4.79 Å². The summed E-state index contributed by atoms with van der Waals surface area (Å²) in [6, 6.07) is 0. The van der Waals surface area contributed by atoms with Crippen LogP contribution in [0.3, 0.4) is 0 Å². The summed E-state index contributed by atoms with van der Waals surface area (Å²) < 4.78 is 12.4. The predicted molar refractivity (Wildman–Crippen MR) is 112 cm³/mol. The van der Waals surface area contributed by atoms with Crippen molar-refractivity contribution in [2.75, 3.05) is 6.61 Å². The van der Waals surface area contributed by atoms with Crippen LogP contribution in [0.25, 0.3) is 0 Å². The van der Waals surface area contributed by atoms with Crippen molar-refractivity contribution < 1.29 is 14.3 Å². The third-order valence-electron chi connectivity index (χ3n) is 5.96. The third-order valence-corrected chi connectivity index (χ3v) is 5.96. The minimum Gasteiger partial charge on any atom is -0.353 e. The number of ether oxygens (including phenoxy) is 2. The van der Waals surface area contributed by atoms with Crippen molar-refractivity contribution >= 4 is 5.78 Å². The van der Waals surface area contributed by atoms with E-state index in [2.05, 4.69) is 32.1 Å². The zero-order chi connectivity index (χ0) is 19.4. The molecule has 154 valence electrons. The van der Waals surface area contributed by atoms with Gasteiger partial charge in [-0.25, -0.2) is 0 Å². The topological polar surface area (TPSA) is 35.5 Å². The zero-order valence-corrected chi connectivity index (χ0v) is 17.6. The highest BCUT2D eigenvalue weighted by atomic mass is 16.7. The Morgan fingerprint density at radius 2 is 1.89 bits per heavy atom. The van der Waals surface area contributed by atoms with Crippen molar-refractivity contribution in [1.29, 1.82) is 0 Å². The normalized spacial score (nSPS) is 23.1. The average molecular weight is 377 g/mol. The molecule has 0 spiro atoms. The Bertz CT molecular complexity index is 466. The molecule has 0 aromatic rings. The lowest BCUT2D eigenvalue weighted by molar-refractivity contribution is -0.207. The maximum absolute atomic E-state index is 12.3. The molecule has 27 heavy (non-hydrogen) atoms. The first kappa shape index (κ1) is 22.4. The lowest BCUT2D eigenvalue weighted by atomic mass is 9.76. The molecule has 2 unspecified atom stereocenters. The van der Waals surface area contributed by atoms with Gasteiger partial charge in [0.05, 0.1) is 6.10 Å². The second-order valence-electron chi connectivity index (χ2n) is 8.29. The molecule has 3 nitrogen and oxygen atoms in total. The van der Waals surface area contributed by atoms with Crippen molar-refractivity contribution in [2.45, 2.75) is 110 Å². The van der Waals surface area contributed by atoms with Gasteiger partial charge in [-0.1, -0.05) is 64.2 Å². The summed E-state index contributed by atoms with van der Waals surface area (Å²) in [4.78, 5) is 12.3. The van der Waals surface area contributed by atoms with Gasteiger partial charge in [0.1, 0.15) is 0 Å². The number of carbonyl (C=O) groups is 1. The van der Waals surface area contributed by atoms with E-state index in [0.717, 1.165) is 58.0 Å². The first-order chi connectivity index (χ1) is 13.2. The molecule has 1 aliphatic carbocycles. The van der Waals surface area contributed by atoms with E-state index in [1.807, 2.05) is 6.08 Å². The van der Waals surface area contributed by atoms with E-state index >= 15 is 0 Å². The molecule has 0 saturated carbocycles. The zero-order valence-electron chi connectivity index (χ0n) is 17.6. The van der Waals surface area contributed by atoms with E-state index in [1.165, 1.54) is 25.7 Å². The first-order valence-corrected chi connectivity index (χ1v) is 11.3. The Morgan fingerprint density at radius 3 is 2.56 bits per heavy atom. The van der Waals surface area contributed by atoms with Gasteiger partial charge in [0.2, 0.25) is 0 Å². The highest BCUT2D eigenvalue weighted by Crippen LogP contribution is 2.43. The molecule has 2 atom stereocenters. The van der Waals surface area contributed by atoms with E-state index in [-0.39, 0.29) is 23.6 Å². The molecular formula is C24H40O3. The van der Waals surface area contributed by atoms with E-state index in [1.54, 1.807) is 0 Å². The SMILES string of the molecule is CCCCCC(=O)C=CC1(C(CCCCC)OC2CCCCO2)CC=CC1. The third kappa shape index (κ3) is 7.54. The second kappa shape index (κ2) is 12.5. The van der Waals surface area contributed by atoms with Crippen LogP contribution in [0.2, 0.25) is 0 Å². The van der Waals surface area contributed by atoms with Gasteiger partial charge in [0.25, 0.3) is 0 Å². The van der Waals surface area contributed by atoms with Crippen LogP contribution >= 0.6 is 0 Å². The highest BCUT2D eigenvalue weighted by molar-refractivity contribution is 5.89. The first-order valence-electron chi connectivity index (χ1n) is 11.3. The number of ketones is 1. The second-order valence-corrected chi connectivity index (χ2v) is 8.29. The number of unbranched alkanes of at least 4 members (excludes halogenated alkanes) is 4. The van der Waals surface area contributed by atoms with Gasteiger partial charge in [-0.2, -0.15) is 0 Å². The summed E-state index contributed by atoms with van der Waals surface area (Å²) in [7, 11) is 0. The molecule has 2 rings (SSSR count). The molecule has 0 radical (unpaired) electrons. The van der Waals surface area contributed by atoms with E-state index in [4.69, 9.17) is 9.47 Å². The quantitative estimate of drug-likeness (QED) is 0.208.